The number of ether oxygens (including phenoxy) is 2. The van der Waals surface area contributed by atoms with E-state index in [1.54, 1.807) is 10.8 Å². The lowest BCUT2D eigenvalue weighted by atomic mass is 9.95. The average molecular weight is 455 g/mol. The Morgan fingerprint density at radius 2 is 1.82 bits per heavy atom. The van der Waals surface area contributed by atoms with Gasteiger partial charge in [0, 0.05) is 23.4 Å². The van der Waals surface area contributed by atoms with Gasteiger partial charge in [-0.1, -0.05) is 37.5 Å². The number of benzene rings is 2. The minimum Gasteiger partial charge on any atom is -0.486 e. The number of carbonyl (C=O) groups excluding carboxylic acids is 1. The van der Waals surface area contributed by atoms with E-state index in [9.17, 15) is 10.1 Å². The highest BCUT2D eigenvalue weighted by Crippen LogP contribution is 2.36. The Hall–Kier alpha value is -4.05. The molecule has 5 rings (SSSR count). The Morgan fingerprint density at radius 3 is 2.59 bits per heavy atom. The lowest BCUT2D eigenvalue weighted by Gasteiger charge is -2.22. The van der Waals surface area contributed by atoms with Gasteiger partial charge in [-0.3, -0.25) is 4.79 Å². The summed E-state index contributed by atoms with van der Waals surface area (Å²) >= 11 is 0. The van der Waals surface area contributed by atoms with Crippen molar-refractivity contribution in [1.82, 2.24) is 15.1 Å². The number of rotatable bonds is 5. The number of aromatic nitrogens is 2. The van der Waals surface area contributed by atoms with Crippen molar-refractivity contribution in [3.63, 3.8) is 0 Å². The molecule has 1 aliphatic heterocycles. The quantitative estimate of drug-likeness (QED) is 0.447. The largest absolute Gasteiger partial charge is 0.486 e. The standard InChI is InChI=1S/C27H26N4O3/c28-17-20(27(32)29-22-7-3-1-4-8-22)15-21-18-31(23-9-5-2-6-10-23)30-26(21)19-11-12-24-25(16-19)34-14-13-33-24/h2,5-6,9-12,15-16,18,22H,1,3-4,7-8,13-14H2,(H,29,32). The summed E-state index contributed by atoms with van der Waals surface area (Å²) in [5, 5.41) is 17.6. The Bertz CT molecular complexity index is 1250. The van der Waals surface area contributed by atoms with Crippen molar-refractivity contribution in [2.24, 2.45) is 0 Å². The number of nitriles is 1. The number of para-hydroxylation sites is 1. The second-order valence-corrected chi connectivity index (χ2v) is 8.55. The first kappa shape index (κ1) is 21.8. The zero-order valence-electron chi connectivity index (χ0n) is 18.9. The topological polar surface area (TPSA) is 89.2 Å². The molecule has 0 spiro atoms. The van der Waals surface area contributed by atoms with Gasteiger partial charge in [0.05, 0.1) is 5.69 Å². The number of fused-ring (bicyclic) bond motifs is 1. The molecule has 1 fully saturated rings. The minimum atomic E-state index is -0.338. The predicted octanol–water partition coefficient (Wildman–Crippen LogP) is 4.67. The lowest BCUT2D eigenvalue weighted by molar-refractivity contribution is -0.117. The zero-order chi connectivity index (χ0) is 23.3. The van der Waals surface area contributed by atoms with Gasteiger partial charge in [0.25, 0.3) is 5.91 Å². The molecule has 1 aromatic heterocycles. The number of carbonyl (C=O) groups is 1. The highest BCUT2D eigenvalue weighted by Gasteiger charge is 2.21. The number of hydrogen-bond donors (Lipinski definition) is 1. The van der Waals surface area contributed by atoms with E-state index in [1.807, 2.05) is 54.7 Å². The molecule has 7 heteroatoms. The molecule has 0 unspecified atom stereocenters. The normalized spacial score (nSPS) is 16.0. The van der Waals surface area contributed by atoms with Gasteiger partial charge in [0.15, 0.2) is 11.5 Å². The van der Waals surface area contributed by atoms with Gasteiger partial charge in [0.2, 0.25) is 0 Å². The molecule has 3 aromatic rings. The average Bonchev–Trinajstić information content (AvgIpc) is 3.32. The van der Waals surface area contributed by atoms with Crippen molar-refractivity contribution in [2.75, 3.05) is 13.2 Å². The smallest absolute Gasteiger partial charge is 0.262 e. The van der Waals surface area contributed by atoms with Crippen LogP contribution in [0, 0.1) is 11.3 Å². The molecule has 2 heterocycles. The van der Waals surface area contributed by atoms with E-state index in [4.69, 9.17) is 14.6 Å². The first-order valence-electron chi connectivity index (χ1n) is 11.7. The Morgan fingerprint density at radius 1 is 1.06 bits per heavy atom. The number of nitrogens with one attached hydrogen (secondary N) is 1. The van der Waals surface area contributed by atoms with Gasteiger partial charge in [0.1, 0.15) is 30.6 Å². The van der Waals surface area contributed by atoms with Crippen LogP contribution in [0.5, 0.6) is 11.5 Å². The van der Waals surface area contributed by atoms with Crippen molar-refractivity contribution >= 4 is 12.0 Å². The monoisotopic (exact) mass is 454 g/mol. The molecule has 34 heavy (non-hydrogen) atoms. The number of amides is 1. The van der Waals surface area contributed by atoms with Crippen LogP contribution in [-0.2, 0) is 4.79 Å². The van der Waals surface area contributed by atoms with Crippen LogP contribution in [0.1, 0.15) is 37.7 Å². The second kappa shape index (κ2) is 9.84. The fourth-order valence-electron chi connectivity index (χ4n) is 4.44. The van der Waals surface area contributed by atoms with Crippen LogP contribution in [0.15, 0.2) is 60.3 Å². The number of nitrogens with zero attached hydrogens (tertiary/aromatic N) is 3. The fraction of sp³-hybridized carbons (Fsp3) is 0.296. The Labute approximate surface area is 198 Å². The van der Waals surface area contributed by atoms with Gasteiger partial charge >= 0.3 is 0 Å². The van der Waals surface area contributed by atoms with Gasteiger partial charge in [-0.2, -0.15) is 10.4 Å². The maximum Gasteiger partial charge on any atom is 0.262 e. The highest BCUT2D eigenvalue weighted by molar-refractivity contribution is 6.02. The van der Waals surface area contributed by atoms with E-state index in [0.717, 1.165) is 36.9 Å². The number of hydrogen-bond acceptors (Lipinski definition) is 5. The third-order valence-corrected chi connectivity index (χ3v) is 6.18. The van der Waals surface area contributed by atoms with Crippen molar-refractivity contribution in [2.45, 2.75) is 38.1 Å². The highest BCUT2D eigenvalue weighted by atomic mass is 16.6. The van der Waals surface area contributed by atoms with Gasteiger partial charge in [-0.05, 0) is 49.2 Å². The molecule has 0 bridgehead atoms. The molecule has 0 atom stereocenters. The van der Waals surface area contributed by atoms with E-state index < -0.39 is 0 Å². The maximum atomic E-state index is 12.9. The Kier molecular flexibility index (Phi) is 6.30. The third kappa shape index (κ3) is 4.67. The summed E-state index contributed by atoms with van der Waals surface area (Å²) in [6.45, 7) is 1.01. The van der Waals surface area contributed by atoms with Crippen molar-refractivity contribution in [1.29, 1.82) is 5.26 Å². The molecule has 2 aliphatic rings. The molecule has 0 saturated heterocycles. The van der Waals surface area contributed by atoms with E-state index >= 15 is 0 Å². The molecule has 7 nitrogen and oxygen atoms in total. The predicted molar refractivity (Wildman–Crippen MR) is 129 cm³/mol. The molecule has 172 valence electrons. The van der Waals surface area contributed by atoms with Crippen LogP contribution in [0.3, 0.4) is 0 Å². The molecular weight excluding hydrogens is 428 g/mol. The van der Waals surface area contributed by atoms with E-state index in [-0.39, 0.29) is 17.5 Å². The maximum absolute atomic E-state index is 12.9. The molecular formula is C27H26N4O3. The summed E-state index contributed by atoms with van der Waals surface area (Å²) in [4.78, 5) is 12.9. The molecule has 1 aliphatic carbocycles. The summed E-state index contributed by atoms with van der Waals surface area (Å²) in [7, 11) is 0. The van der Waals surface area contributed by atoms with Crippen LogP contribution in [-0.4, -0.2) is 34.9 Å². The third-order valence-electron chi connectivity index (χ3n) is 6.18. The summed E-state index contributed by atoms with van der Waals surface area (Å²) in [5.41, 5.74) is 3.09. The van der Waals surface area contributed by atoms with Crippen LogP contribution < -0.4 is 14.8 Å². The summed E-state index contributed by atoms with van der Waals surface area (Å²) in [6.07, 6.45) is 8.79. The van der Waals surface area contributed by atoms with Crippen molar-refractivity contribution < 1.29 is 14.3 Å². The summed E-state index contributed by atoms with van der Waals surface area (Å²) in [5.74, 6) is 1.01. The van der Waals surface area contributed by atoms with Gasteiger partial charge in [-0.15, -0.1) is 0 Å². The first-order chi connectivity index (χ1) is 16.7. The fourth-order valence-corrected chi connectivity index (χ4v) is 4.44. The summed E-state index contributed by atoms with van der Waals surface area (Å²) in [6, 6.07) is 17.6. The van der Waals surface area contributed by atoms with Crippen LogP contribution in [0.25, 0.3) is 23.0 Å². The van der Waals surface area contributed by atoms with E-state index in [0.29, 0.717) is 36.0 Å². The van der Waals surface area contributed by atoms with E-state index in [2.05, 4.69) is 11.4 Å². The lowest BCUT2D eigenvalue weighted by Crippen LogP contribution is -2.36. The molecule has 0 radical (unpaired) electrons. The van der Waals surface area contributed by atoms with Crippen molar-refractivity contribution in [3.8, 4) is 34.5 Å². The first-order valence-corrected chi connectivity index (χ1v) is 11.7. The van der Waals surface area contributed by atoms with Crippen LogP contribution in [0.2, 0.25) is 0 Å². The zero-order valence-corrected chi connectivity index (χ0v) is 18.9. The molecule has 1 N–H and O–H groups in total. The minimum absolute atomic E-state index is 0.0666. The molecule has 2 aromatic carbocycles. The SMILES string of the molecule is N#CC(=Cc1cn(-c2ccccc2)nc1-c1ccc2c(c1)OCCO2)C(=O)NC1CCCCC1. The van der Waals surface area contributed by atoms with Gasteiger partial charge < -0.3 is 14.8 Å². The van der Waals surface area contributed by atoms with E-state index in [1.165, 1.54) is 6.42 Å². The summed E-state index contributed by atoms with van der Waals surface area (Å²) < 4.78 is 13.2. The van der Waals surface area contributed by atoms with Crippen molar-refractivity contribution in [3.05, 3.63) is 65.9 Å². The Balaban J connectivity index is 1.53. The molecule has 1 saturated carbocycles. The molecule has 1 amide bonds. The van der Waals surface area contributed by atoms with Crippen LogP contribution >= 0.6 is 0 Å². The van der Waals surface area contributed by atoms with Crippen LogP contribution in [0.4, 0.5) is 0 Å². The second-order valence-electron chi connectivity index (χ2n) is 8.55. The van der Waals surface area contributed by atoms with Gasteiger partial charge in [-0.25, -0.2) is 4.68 Å².